The van der Waals surface area contributed by atoms with Gasteiger partial charge in [0.25, 0.3) is 5.91 Å². The highest BCUT2D eigenvalue weighted by atomic mass is 32.1. The molecule has 4 aromatic rings. The molecule has 2 N–H and O–H groups in total. The van der Waals surface area contributed by atoms with E-state index in [0.717, 1.165) is 58.3 Å². The number of hydrogen-bond acceptors (Lipinski definition) is 7. The molecule has 10 heteroatoms. The predicted octanol–water partition coefficient (Wildman–Crippen LogP) is 9.55. The summed E-state index contributed by atoms with van der Waals surface area (Å²) < 4.78 is 11.1. The number of amides is 3. The normalized spacial score (nSPS) is 15.7. The summed E-state index contributed by atoms with van der Waals surface area (Å²) in [6, 6.07) is 17.6. The molecule has 9 nitrogen and oxygen atoms in total. The highest BCUT2D eigenvalue weighted by Gasteiger charge is 2.30. The lowest BCUT2D eigenvalue weighted by atomic mass is 9.92. The van der Waals surface area contributed by atoms with Crippen molar-refractivity contribution >= 4 is 51.7 Å². The Hall–Kier alpha value is -4.44. The number of carbonyl (C=O) groups is 3. The van der Waals surface area contributed by atoms with E-state index in [0.29, 0.717) is 35.9 Å². The van der Waals surface area contributed by atoms with Crippen molar-refractivity contribution in [1.82, 2.24) is 9.88 Å². The van der Waals surface area contributed by atoms with Crippen LogP contribution in [-0.4, -0.2) is 52.3 Å². The lowest BCUT2D eigenvalue weighted by Gasteiger charge is -2.33. The number of ether oxygens (including phenoxy) is 2. The first kappa shape index (κ1) is 33.5. The van der Waals surface area contributed by atoms with Gasteiger partial charge in [-0.2, -0.15) is 0 Å². The van der Waals surface area contributed by atoms with Crippen LogP contribution in [0.25, 0.3) is 21.3 Å². The molecule has 1 saturated heterocycles. The topological polar surface area (TPSA) is 110 Å². The van der Waals surface area contributed by atoms with Crippen LogP contribution in [0.3, 0.4) is 0 Å². The summed E-state index contributed by atoms with van der Waals surface area (Å²) in [5.41, 5.74) is 4.26. The van der Waals surface area contributed by atoms with Crippen LogP contribution >= 0.6 is 11.3 Å². The lowest BCUT2D eigenvalue weighted by Crippen LogP contribution is -2.41. The van der Waals surface area contributed by atoms with E-state index in [9.17, 15) is 14.4 Å². The van der Waals surface area contributed by atoms with Crippen molar-refractivity contribution in [1.29, 1.82) is 0 Å². The number of thiophene rings is 1. The van der Waals surface area contributed by atoms with Gasteiger partial charge in [0.15, 0.2) is 0 Å². The van der Waals surface area contributed by atoms with Gasteiger partial charge in [-0.15, -0.1) is 11.3 Å². The third-order valence-corrected chi connectivity index (χ3v) is 9.32. The Kier molecular flexibility index (Phi) is 9.22. The highest BCUT2D eigenvalue weighted by Crippen LogP contribution is 2.44. The third-order valence-electron chi connectivity index (χ3n) is 8.40. The van der Waals surface area contributed by atoms with Crippen molar-refractivity contribution in [3.05, 3.63) is 76.8 Å². The molecule has 252 valence electrons. The number of likely N-dealkylation sites (tertiary alicyclic amines) is 1. The van der Waals surface area contributed by atoms with Crippen LogP contribution in [0.1, 0.15) is 101 Å². The van der Waals surface area contributed by atoms with E-state index < -0.39 is 17.3 Å². The van der Waals surface area contributed by atoms with Crippen LogP contribution in [0.2, 0.25) is 0 Å². The molecule has 1 aliphatic carbocycles. The van der Waals surface area contributed by atoms with Crippen LogP contribution in [0, 0.1) is 0 Å². The van der Waals surface area contributed by atoms with Gasteiger partial charge >= 0.3 is 12.2 Å². The van der Waals surface area contributed by atoms with Gasteiger partial charge in [-0.05, 0) is 126 Å². The van der Waals surface area contributed by atoms with Crippen molar-refractivity contribution in [3.63, 3.8) is 0 Å². The Morgan fingerprint density at radius 2 is 1.54 bits per heavy atom. The average molecular weight is 669 g/mol. The molecule has 0 atom stereocenters. The third kappa shape index (κ3) is 8.16. The number of nitrogens with zero attached hydrogens (tertiary/aromatic N) is 2. The van der Waals surface area contributed by atoms with Crippen molar-refractivity contribution in [3.8, 4) is 10.4 Å². The summed E-state index contributed by atoms with van der Waals surface area (Å²) in [4.78, 5) is 47.2. The number of piperidine rings is 1. The number of nitrogens with one attached hydrogen (secondary N) is 2. The second kappa shape index (κ2) is 13.2. The highest BCUT2D eigenvalue weighted by molar-refractivity contribution is 7.13. The van der Waals surface area contributed by atoms with E-state index in [1.165, 1.54) is 0 Å². The van der Waals surface area contributed by atoms with E-state index in [2.05, 4.69) is 22.8 Å². The molecular formula is C38H44N4O5S. The smallest absolute Gasteiger partial charge is 0.412 e. The Morgan fingerprint density at radius 1 is 0.812 bits per heavy atom. The fourth-order valence-electron chi connectivity index (χ4n) is 5.99. The molecule has 2 fully saturated rings. The zero-order chi connectivity index (χ0) is 34.2. The number of rotatable bonds is 6. The minimum absolute atomic E-state index is 0.245. The summed E-state index contributed by atoms with van der Waals surface area (Å²) in [6.07, 6.45) is 2.91. The first-order chi connectivity index (χ1) is 22.7. The van der Waals surface area contributed by atoms with E-state index in [1.54, 1.807) is 43.1 Å². The van der Waals surface area contributed by atoms with Crippen LogP contribution < -0.4 is 10.6 Å². The maximum absolute atomic E-state index is 13.9. The molecule has 3 heterocycles. The Labute approximate surface area is 286 Å². The van der Waals surface area contributed by atoms with Crippen molar-refractivity contribution in [2.75, 3.05) is 23.7 Å². The van der Waals surface area contributed by atoms with E-state index in [-0.39, 0.29) is 17.9 Å². The maximum atomic E-state index is 13.9. The van der Waals surface area contributed by atoms with E-state index >= 15 is 0 Å². The molecule has 0 radical (unpaired) electrons. The number of carbonyl (C=O) groups excluding carboxylic acids is 3. The number of anilines is 2. The van der Waals surface area contributed by atoms with Crippen LogP contribution in [0.5, 0.6) is 0 Å². The fourth-order valence-corrected chi connectivity index (χ4v) is 6.71. The number of fused-ring (bicyclic) bond motifs is 1. The Bertz CT molecular complexity index is 1830. The van der Waals surface area contributed by atoms with Gasteiger partial charge in [0.05, 0.1) is 16.9 Å². The fraction of sp³-hybridized carbons (Fsp3) is 0.421. The summed E-state index contributed by atoms with van der Waals surface area (Å²) in [5, 5.41) is 8.80. The summed E-state index contributed by atoms with van der Waals surface area (Å²) in [7, 11) is 0. The minimum Gasteiger partial charge on any atom is -0.444 e. The van der Waals surface area contributed by atoms with E-state index in [1.807, 2.05) is 62.5 Å². The van der Waals surface area contributed by atoms with Gasteiger partial charge in [-0.3, -0.25) is 15.1 Å². The number of aromatic nitrogens is 1. The van der Waals surface area contributed by atoms with E-state index in [4.69, 9.17) is 14.5 Å². The largest absolute Gasteiger partial charge is 0.444 e. The SMILES string of the molecule is CC(C)(C)OC(=O)Nc1ccc(-c2cccs2)cc1NC(=O)c1cc(C2CC2)c2nc(C3CCN(C(=O)OC(C)(C)C)CC3)ccc2c1. The standard InChI is InChI=1S/C38H44N4O5S/c1-37(2,3)46-35(44)41-30-14-11-25(32-8-7-19-48-32)22-31(30)40-34(43)27-20-26-12-13-29(39-33(26)28(21-27)23-9-10-23)24-15-17-42(18-16-24)36(45)47-38(4,5)6/h7-8,11-14,19-24H,9-10,15-18H2,1-6H3,(H,40,43)(H,41,44). The Balaban J connectivity index is 1.24. The van der Waals surface area contributed by atoms with Gasteiger partial charge in [-0.1, -0.05) is 18.2 Å². The van der Waals surface area contributed by atoms with Gasteiger partial charge in [0.2, 0.25) is 0 Å². The Morgan fingerprint density at radius 3 is 2.19 bits per heavy atom. The van der Waals surface area contributed by atoms with Crippen LogP contribution in [-0.2, 0) is 9.47 Å². The zero-order valence-corrected chi connectivity index (χ0v) is 29.3. The second-order valence-corrected chi connectivity index (χ2v) is 15.7. The summed E-state index contributed by atoms with van der Waals surface area (Å²) in [6.45, 7) is 12.3. The van der Waals surface area contributed by atoms with Crippen LogP contribution in [0.15, 0.2) is 60.0 Å². The molecule has 0 bridgehead atoms. The predicted molar refractivity (Wildman–Crippen MR) is 191 cm³/mol. The molecule has 2 aromatic carbocycles. The molecule has 0 spiro atoms. The molecule has 1 aliphatic heterocycles. The van der Waals surface area contributed by atoms with Gasteiger partial charge in [0.1, 0.15) is 11.2 Å². The lowest BCUT2D eigenvalue weighted by molar-refractivity contribution is 0.0203. The molecule has 48 heavy (non-hydrogen) atoms. The second-order valence-electron chi connectivity index (χ2n) is 14.7. The molecule has 0 unspecified atom stereocenters. The molecule has 3 amide bonds. The van der Waals surface area contributed by atoms with Crippen LogP contribution in [0.4, 0.5) is 21.0 Å². The molecule has 2 aliphatic rings. The first-order valence-electron chi connectivity index (χ1n) is 16.6. The quantitative estimate of drug-likeness (QED) is 0.212. The molecule has 2 aromatic heterocycles. The maximum Gasteiger partial charge on any atom is 0.412 e. The summed E-state index contributed by atoms with van der Waals surface area (Å²) >= 11 is 1.60. The molecule has 6 rings (SSSR count). The van der Waals surface area contributed by atoms with Crippen molar-refractivity contribution in [2.24, 2.45) is 0 Å². The zero-order valence-electron chi connectivity index (χ0n) is 28.5. The van der Waals surface area contributed by atoms with Gasteiger partial charge in [-0.25, -0.2) is 9.59 Å². The molecular weight excluding hydrogens is 625 g/mol. The van der Waals surface area contributed by atoms with Crippen molar-refractivity contribution < 1.29 is 23.9 Å². The summed E-state index contributed by atoms with van der Waals surface area (Å²) in [5.74, 6) is 0.339. The van der Waals surface area contributed by atoms with Gasteiger partial charge < -0.3 is 19.7 Å². The minimum atomic E-state index is -0.667. The van der Waals surface area contributed by atoms with Gasteiger partial charge in [0, 0.05) is 40.5 Å². The first-order valence-corrected chi connectivity index (χ1v) is 17.5. The number of benzene rings is 2. The monoisotopic (exact) mass is 668 g/mol. The average Bonchev–Trinajstić information content (AvgIpc) is 3.72. The number of pyridine rings is 1. The molecule has 1 saturated carbocycles. The van der Waals surface area contributed by atoms with Crippen molar-refractivity contribution in [2.45, 2.75) is 90.3 Å². The number of hydrogen-bond donors (Lipinski definition) is 2.